The lowest BCUT2D eigenvalue weighted by Gasteiger charge is -2.37. The van der Waals surface area contributed by atoms with E-state index in [1.165, 1.54) is 38.5 Å². The minimum Gasteiger partial charge on any atom is -0.341 e. The fraction of sp³-hybridized carbons (Fsp3) is 0.941. The molecular formula is C17H32N2O. The Labute approximate surface area is 124 Å². The highest BCUT2D eigenvalue weighted by Gasteiger charge is 2.31. The third kappa shape index (κ3) is 4.47. The Morgan fingerprint density at radius 2 is 1.80 bits per heavy atom. The van der Waals surface area contributed by atoms with Crippen LogP contribution in [0.5, 0.6) is 0 Å². The van der Waals surface area contributed by atoms with E-state index >= 15 is 0 Å². The van der Waals surface area contributed by atoms with Gasteiger partial charge in [0.2, 0.25) is 5.91 Å². The van der Waals surface area contributed by atoms with Crippen LogP contribution in [-0.2, 0) is 4.79 Å². The van der Waals surface area contributed by atoms with E-state index in [2.05, 4.69) is 10.2 Å². The van der Waals surface area contributed by atoms with Gasteiger partial charge in [0.15, 0.2) is 0 Å². The second-order valence-corrected chi connectivity index (χ2v) is 7.75. The maximum atomic E-state index is 12.4. The minimum absolute atomic E-state index is 0.245. The first-order chi connectivity index (χ1) is 9.47. The van der Waals surface area contributed by atoms with E-state index in [9.17, 15) is 4.79 Å². The Morgan fingerprint density at radius 3 is 2.45 bits per heavy atom. The average molecular weight is 280 g/mol. The van der Waals surface area contributed by atoms with E-state index in [1.807, 2.05) is 20.8 Å². The SMILES string of the molecule is CC(C)(C)C(=O)N1CCCC(NCC2CCCCC2)C1. The number of hydrogen-bond donors (Lipinski definition) is 1. The summed E-state index contributed by atoms with van der Waals surface area (Å²) in [5.41, 5.74) is -0.245. The normalized spacial score (nSPS) is 25.8. The van der Waals surface area contributed by atoms with Gasteiger partial charge in [-0.2, -0.15) is 0 Å². The smallest absolute Gasteiger partial charge is 0.227 e. The molecule has 2 rings (SSSR count). The maximum Gasteiger partial charge on any atom is 0.227 e. The summed E-state index contributed by atoms with van der Waals surface area (Å²) in [4.78, 5) is 14.4. The Hall–Kier alpha value is -0.570. The summed E-state index contributed by atoms with van der Waals surface area (Å²) in [5.74, 6) is 1.18. The highest BCUT2D eigenvalue weighted by atomic mass is 16.2. The van der Waals surface area contributed by atoms with Gasteiger partial charge in [-0.25, -0.2) is 0 Å². The van der Waals surface area contributed by atoms with Crippen LogP contribution in [0.4, 0.5) is 0 Å². The van der Waals surface area contributed by atoms with Gasteiger partial charge < -0.3 is 10.2 Å². The largest absolute Gasteiger partial charge is 0.341 e. The van der Waals surface area contributed by atoms with Gasteiger partial charge in [-0.3, -0.25) is 4.79 Å². The molecule has 1 heterocycles. The van der Waals surface area contributed by atoms with Crippen molar-refractivity contribution in [3.05, 3.63) is 0 Å². The third-order valence-electron chi connectivity index (χ3n) is 4.77. The van der Waals surface area contributed by atoms with Crippen LogP contribution in [0.1, 0.15) is 65.7 Å². The summed E-state index contributed by atoms with van der Waals surface area (Å²) in [7, 11) is 0. The summed E-state index contributed by atoms with van der Waals surface area (Å²) in [6.07, 6.45) is 9.39. The lowest BCUT2D eigenvalue weighted by Crippen LogP contribution is -2.51. The lowest BCUT2D eigenvalue weighted by molar-refractivity contribution is -0.140. The van der Waals surface area contributed by atoms with Gasteiger partial charge in [0.25, 0.3) is 0 Å². The van der Waals surface area contributed by atoms with Crippen LogP contribution >= 0.6 is 0 Å². The van der Waals surface area contributed by atoms with Crippen LogP contribution in [0.2, 0.25) is 0 Å². The topological polar surface area (TPSA) is 32.3 Å². The molecule has 0 radical (unpaired) electrons. The Balaban J connectivity index is 1.77. The molecule has 1 saturated heterocycles. The zero-order valence-electron chi connectivity index (χ0n) is 13.6. The van der Waals surface area contributed by atoms with Crippen molar-refractivity contribution < 1.29 is 4.79 Å². The molecule has 0 aromatic heterocycles. The molecule has 20 heavy (non-hydrogen) atoms. The predicted octanol–water partition coefficient (Wildman–Crippen LogP) is 3.19. The highest BCUT2D eigenvalue weighted by Crippen LogP contribution is 2.24. The summed E-state index contributed by atoms with van der Waals surface area (Å²) in [6.45, 7) is 9.07. The number of piperidine rings is 1. The molecule has 0 aromatic rings. The number of likely N-dealkylation sites (tertiary alicyclic amines) is 1. The van der Waals surface area contributed by atoms with Crippen molar-refractivity contribution in [3.8, 4) is 0 Å². The maximum absolute atomic E-state index is 12.4. The highest BCUT2D eigenvalue weighted by molar-refractivity contribution is 5.81. The molecule has 0 spiro atoms. The molecule has 1 saturated carbocycles. The molecule has 116 valence electrons. The van der Waals surface area contributed by atoms with Gasteiger partial charge >= 0.3 is 0 Å². The number of amides is 1. The molecule has 1 unspecified atom stereocenters. The zero-order valence-corrected chi connectivity index (χ0v) is 13.6. The second-order valence-electron chi connectivity index (χ2n) is 7.75. The number of rotatable bonds is 3. The number of nitrogens with one attached hydrogen (secondary N) is 1. The van der Waals surface area contributed by atoms with Crippen LogP contribution in [0.15, 0.2) is 0 Å². The van der Waals surface area contributed by atoms with Crippen LogP contribution in [0, 0.1) is 11.3 Å². The van der Waals surface area contributed by atoms with Gasteiger partial charge in [0, 0.05) is 24.5 Å². The van der Waals surface area contributed by atoms with Crippen LogP contribution in [0.3, 0.4) is 0 Å². The first kappa shape index (κ1) is 15.8. The van der Waals surface area contributed by atoms with Crippen molar-refractivity contribution in [1.82, 2.24) is 10.2 Å². The number of carbonyl (C=O) groups excluding carboxylic acids is 1. The predicted molar refractivity (Wildman–Crippen MR) is 83.6 cm³/mol. The van der Waals surface area contributed by atoms with E-state index in [0.717, 1.165) is 32.0 Å². The van der Waals surface area contributed by atoms with Crippen LogP contribution in [-0.4, -0.2) is 36.5 Å². The van der Waals surface area contributed by atoms with Crippen molar-refractivity contribution in [1.29, 1.82) is 0 Å². The van der Waals surface area contributed by atoms with Gasteiger partial charge in [-0.1, -0.05) is 40.0 Å². The van der Waals surface area contributed by atoms with Crippen molar-refractivity contribution in [2.24, 2.45) is 11.3 Å². The Morgan fingerprint density at radius 1 is 1.10 bits per heavy atom. The summed E-state index contributed by atoms with van der Waals surface area (Å²) in [5, 5.41) is 3.73. The first-order valence-corrected chi connectivity index (χ1v) is 8.49. The summed E-state index contributed by atoms with van der Waals surface area (Å²) < 4.78 is 0. The van der Waals surface area contributed by atoms with E-state index in [1.54, 1.807) is 0 Å². The molecule has 1 aliphatic carbocycles. The van der Waals surface area contributed by atoms with Crippen molar-refractivity contribution in [3.63, 3.8) is 0 Å². The molecule has 0 bridgehead atoms. The average Bonchev–Trinajstić information content (AvgIpc) is 2.45. The third-order valence-corrected chi connectivity index (χ3v) is 4.77. The molecule has 1 amide bonds. The van der Waals surface area contributed by atoms with E-state index in [-0.39, 0.29) is 5.41 Å². The standard InChI is InChI=1S/C17H32N2O/c1-17(2,3)16(20)19-11-7-10-15(13-19)18-12-14-8-5-4-6-9-14/h14-15,18H,4-13H2,1-3H3. The van der Waals surface area contributed by atoms with E-state index in [0.29, 0.717) is 11.9 Å². The fourth-order valence-electron chi connectivity index (χ4n) is 3.53. The quantitative estimate of drug-likeness (QED) is 0.861. The molecule has 3 heteroatoms. The van der Waals surface area contributed by atoms with Gasteiger partial charge in [-0.15, -0.1) is 0 Å². The van der Waals surface area contributed by atoms with Crippen molar-refractivity contribution in [2.75, 3.05) is 19.6 Å². The van der Waals surface area contributed by atoms with Crippen LogP contribution < -0.4 is 5.32 Å². The van der Waals surface area contributed by atoms with E-state index in [4.69, 9.17) is 0 Å². The molecule has 1 aliphatic heterocycles. The number of nitrogens with zero attached hydrogens (tertiary/aromatic N) is 1. The molecular weight excluding hydrogens is 248 g/mol. The Kier molecular flexibility index (Phi) is 5.48. The molecule has 2 aliphatic rings. The minimum atomic E-state index is -0.245. The molecule has 1 atom stereocenters. The Bertz CT molecular complexity index is 315. The number of hydrogen-bond acceptors (Lipinski definition) is 2. The summed E-state index contributed by atoms with van der Waals surface area (Å²) in [6, 6.07) is 0.511. The molecule has 0 aromatic carbocycles. The number of carbonyl (C=O) groups is 1. The molecule has 1 N–H and O–H groups in total. The molecule has 3 nitrogen and oxygen atoms in total. The first-order valence-electron chi connectivity index (χ1n) is 8.49. The van der Waals surface area contributed by atoms with Crippen molar-refractivity contribution in [2.45, 2.75) is 71.8 Å². The van der Waals surface area contributed by atoms with Gasteiger partial charge in [0.05, 0.1) is 0 Å². The van der Waals surface area contributed by atoms with E-state index < -0.39 is 0 Å². The summed E-state index contributed by atoms with van der Waals surface area (Å²) >= 11 is 0. The fourth-order valence-corrected chi connectivity index (χ4v) is 3.53. The lowest BCUT2D eigenvalue weighted by atomic mass is 9.89. The molecule has 2 fully saturated rings. The van der Waals surface area contributed by atoms with Crippen molar-refractivity contribution >= 4 is 5.91 Å². The monoisotopic (exact) mass is 280 g/mol. The van der Waals surface area contributed by atoms with Gasteiger partial charge in [-0.05, 0) is 38.1 Å². The second kappa shape index (κ2) is 6.93. The zero-order chi connectivity index (χ0) is 14.6. The van der Waals surface area contributed by atoms with Crippen LogP contribution in [0.25, 0.3) is 0 Å². The van der Waals surface area contributed by atoms with Gasteiger partial charge in [0.1, 0.15) is 0 Å².